The molecule has 1 aromatic carbocycles. The maximum atomic E-state index is 9.70. The van der Waals surface area contributed by atoms with Crippen molar-refractivity contribution in [1.29, 1.82) is 0 Å². The van der Waals surface area contributed by atoms with E-state index >= 15 is 0 Å². The van der Waals surface area contributed by atoms with Crippen LogP contribution >= 0.6 is 0 Å². The van der Waals surface area contributed by atoms with E-state index in [1.807, 2.05) is 12.1 Å². The summed E-state index contributed by atoms with van der Waals surface area (Å²) in [5.74, 6) is 2.39. The van der Waals surface area contributed by atoms with Gasteiger partial charge in [-0.25, -0.2) is 0 Å². The van der Waals surface area contributed by atoms with Gasteiger partial charge in [-0.2, -0.15) is 0 Å². The van der Waals surface area contributed by atoms with E-state index in [4.69, 9.17) is 0 Å². The molecule has 4 rings (SSSR count). The van der Waals surface area contributed by atoms with Crippen molar-refractivity contribution in [3.8, 4) is 5.75 Å². The Bertz CT molecular complexity index is 609. The largest absolute Gasteiger partial charge is 0.508 e. The van der Waals surface area contributed by atoms with E-state index in [0.717, 1.165) is 25.0 Å². The molecule has 3 aliphatic carbocycles. The summed E-state index contributed by atoms with van der Waals surface area (Å²) < 4.78 is 0. The molecule has 4 atom stereocenters. The molecule has 0 heterocycles. The van der Waals surface area contributed by atoms with E-state index in [-0.39, 0.29) is 5.41 Å². The zero-order chi connectivity index (χ0) is 14.6. The third kappa shape index (κ3) is 1.76. The monoisotopic (exact) mass is 285 g/mol. The minimum atomic E-state index is 0.115. The van der Waals surface area contributed by atoms with E-state index in [1.54, 1.807) is 0 Å². The first kappa shape index (κ1) is 13.2. The molecule has 0 amide bonds. The van der Waals surface area contributed by atoms with Crippen LogP contribution in [-0.4, -0.2) is 16.0 Å². The lowest BCUT2D eigenvalue weighted by Crippen LogP contribution is -2.42. The first-order valence-electron chi connectivity index (χ1n) is 8.16. The highest BCUT2D eigenvalue weighted by Gasteiger charge is 2.53. The molecule has 0 bridgehead atoms. The first-order valence-corrected chi connectivity index (χ1v) is 8.16. The van der Waals surface area contributed by atoms with Gasteiger partial charge in [-0.15, -0.1) is 0 Å². The molecule has 0 spiro atoms. The van der Waals surface area contributed by atoms with Crippen LogP contribution in [0.3, 0.4) is 0 Å². The van der Waals surface area contributed by atoms with Gasteiger partial charge >= 0.3 is 0 Å². The van der Waals surface area contributed by atoms with Crippen molar-refractivity contribution in [2.45, 2.75) is 51.4 Å². The Balaban J connectivity index is 1.72. The highest BCUT2D eigenvalue weighted by molar-refractivity contribution is 5.92. The van der Waals surface area contributed by atoms with Crippen LogP contribution in [0.2, 0.25) is 0 Å². The predicted molar refractivity (Wildman–Crippen MR) is 81.9 cm³/mol. The second kappa shape index (κ2) is 4.49. The fourth-order valence-corrected chi connectivity index (χ4v) is 5.52. The van der Waals surface area contributed by atoms with Crippen molar-refractivity contribution < 1.29 is 10.3 Å². The standard InChI is InChI=1S/C18H23NO2/c1-18-9-8-14-13-5-3-12(20)10-11(13)2-4-15(14)16(18)6-7-17(18)19-21/h3,5,10,14-16,20-21H,2,4,6-9H2,1H3/b19-17+/t14-,15?,16+,18?/m1/s1. The van der Waals surface area contributed by atoms with Crippen molar-refractivity contribution in [3.63, 3.8) is 0 Å². The molecule has 0 saturated heterocycles. The first-order chi connectivity index (χ1) is 10.1. The number of phenols is 1. The molecule has 3 nitrogen and oxygen atoms in total. The maximum absolute atomic E-state index is 9.70. The van der Waals surface area contributed by atoms with Gasteiger partial charge in [-0.05, 0) is 79.5 Å². The van der Waals surface area contributed by atoms with Gasteiger partial charge in [0, 0.05) is 5.41 Å². The lowest BCUT2D eigenvalue weighted by atomic mass is 9.55. The number of benzene rings is 1. The Morgan fingerprint density at radius 3 is 2.86 bits per heavy atom. The van der Waals surface area contributed by atoms with Gasteiger partial charge in [0.15, 0.2) is 0 Å². The average molecular weight is 285 g/mol. The number of fused-ring (bicyclic) bond motifs is 5. The molecule has 2 unspecified atom stereocenters. The third-order valence-corrected chi connectivity index (χ3v) is 6.57. The molecule has 2 fully saturated rings. The summed E-state index contributed by atoms with van der Waals surface area (Å²) in [6.45, 7) is 2.31. The maximum Gasteiger partial charge on any atom is 0.115 e. The molecule has 112 valence electrons. The molecule has 1 aromatic rings. The van der Waals surface area contributed by atoms with E-state index in [9.17, 15) is 10.3 Å². The predicted octanol–water partition coefficient (Wildman–Crippen LogP) is 4.08. The molecule has 2 N–H and O–H groups in total. The molecular formula is C18H23NO2. The zero-order valence-electron chi connectivity index (χ0n) is 12.5. The summed E-state index contributed by atoms with van der Waals surface area (Å²) in [4.78, 5) is 0. The van der Waals surface area contributed by atoms with Gasteiger partial charge in [-0.1, -0.05) is 18.1 Å². The van der Waals surface area contributed by atoms with Crippen LogP contribution in [0, 0.1) is 17.3 Å². The highest BCUT2D eigenvalue weighted by Crippen LogP contribution is 2.59. The van der Waals surface area contributed by atoms with Crippen molar-refractivity contribution >= 4 is 5.71 Å². The zero-order valence-corrected chi connectivity index (χ0v) is 12.5. The van der Waals surface area contributed by atoms with Crippen LogP contribution in [-0.2, 0) is 6.42 Å². The summed E-state index contributed by atoms with van der Waals surface area (Å²) >= 11 is 0. The minimum absolute atomic E-state index is 0.115. The molecule has 0 aliphatic heterocycles. The molecule has 3 heteroatoms. The van der Waals surface area contributed by atoms with Gasteiger partial charge in [0.05, 0.1) is 5.71 Å². The van der Waals surface area contributed by atoms with Crippen molar-refractivity contribution in [2.24, 2.45) is 22.4 Å². The van der Waals surface area contributed by atoms with Crippen LogP contribution < -0.4 is 0 Å². The number of hydrogen-bond acceptors (Lipinski definition) is 3. The Labute approximate surface area is 125 Å². The molecule has 2 saturated carbocycles. The fourth-order valence-electron chi connectivity index (χ4n) is 5.52. The Morgan fingerprint density at radius 2 is 2.05 bits per heavy atom. The molecule has 21 heavy (non-hydrogen) atoms. The van der Waals surface area contributed by atoms with Crippen LogP contribution in [0.5, 0.6) is 5.75 Å². The Morgan fingerprint density at radius 1 is 1.19 bits per heavy atom. The van der Waals surface area contributed by atoms with Crippen molar-refractivity contribution in [1.82, 2.24) is 0 Å². The normalized spacial score (nSPS) is 39.7. The van der Waals surface area contributed by atoms with Crippen molar-refractivity contribution in [3.05, 3.63) is 29.3 Å². The quantitative estimate of drug-likeness (QED) is 0.557. The van der Waals surface area contributed by atoms with Crippen LogP contribution in [0.4, 0.5) is 0 Å². The molecular weight excluding hydrogens is 262 g/mol. The average Bonchev–Trinajstić information content (AvgIpc) is 2.83. The number of oxime groups is 1. The number of phenolic OH excluding ortho intramolecular Hbond substituents is 1. The van der Waals surface area contributed by atoms with Gasteiger partial charge in [0.1, 0.15) is 5.75 Å². The second-order valence-corrected chi connectivity index (χ2v) is 7.34. The molecule has 0 aromatic heterocycles. The summed E-state index contributed by atoms with van der Waals surface area (Å²) in [6, 6.07) is 5.93. The molecule has 3 aliphatic rings. The number of aromatic hydroxyl groups is 1. The number of rotatable bonds is 0. The third-order valence-electron chi connectivity index (χ3n) is 6.57. The number of hydrogen-bond donors (Lipinski definition) is 2. The van der Waals surface area contributed by atoms with E-state index in [0.29, 0.717) is 23.5 Å². The summed E-state index contributed by atoms with van der Waals surface area (Å²) in [5, 5.41) is 22.6. The van der Waals surface area contributed by atoms with Crippen LogP contribution in [0.1, 0.15) is 56.1 Å². The Hall–Kier alpha value is -1.51. The number of nitrogens with zero attached hydrogens (tertiary/aromatic N) is 1. The highest BCUT2D eigenvalue weighted by atomic mass is 16.4. The van der Waals surface area contributed by atoms with Gasteiger partial charge in [0.25, 0.3) is 0 Å². The summed E-state index contributed by atoms with van der Waals surface area (Å²) in [7, 11) is 0. The lowest BCUT2D eigenvalue weighted by Gasteiger charge is -2.48. The van der Waals surface area contributed by atoms with Gasteiger partial charge < -0.3 is 10.3 Å². The van der Waals surface area contributed by atoms with E-state index < -0.39 is 0 Å². The topological polar surface area (TPSA) is 52.8 Å². The SMILES string of the molecule is CC12CC[C@@H]3c4ccc(O)cc4CCC3[C@@H]1CC/C2=N\O. The number of aryl methyl sites for hydroxylation is 1. The van der Waals surface area contributed by atoms with Gasteiger partial charge in [-0.3, -0.25) is 0 Å². The summed E-state index contributed by atoms with van der Waals surface area (Å²) in [5.41, 5.74) is 3.95. The van der Waals surface area contributed by atoms with E-state index in [2.05, 4.69) is 18.1 Å². The minimum Gasteiger partial charge on any atom is -0.508 e. The lowest BCUT2D eigenvalue weighted by molar-refractivity contribution is 0.0938. The summed E-state index contributed by atoms with van der Waals surface area (Å²) in [6.07, 6.45) is 6.71. The van der Waals surface area contributed by atoms with Crippen LogP contribution in [0.15, 0.2) is 23.4 Å². The van der Waals surface area contributed by atoms with Gasteiger partial charge in [0.2, 0.25) is 0 Å². The smallest absolute Gasteiger partial charge is 0.115 e. The molecule has 0 radical (unpaired) electrons. The second-order valence-electron chi connectivity index (χ2n) is 7.34. The Kier molecular flexibility index (Phi) is 2.82. The van der Waals surface area contributed by atoms with Crippen molar-refractivity contribution in [2.75, 3.05) is 0 Å². The van der Waals surface area contributed by atoms with E-state index in [1.165, 1.54) is 30.4 Å². The van der Waals surface area contributed by atoms with Crippen LogP contribution in [0.25, 0.3) is 0 Å². The fraction of sp³-hybridized carbons (Fsp3) is 0.611.